The second-order valence-corrected chi connectivity index (χ2v) is 5.97. The quantitative estimate of drug-likeness (QED) is 0.511. The third kappa shape index (κ3) is 1.30. The summed E-state index contributed by atoms with van der Waals surface area (Å²) in [7, 11) is 0. The molecule has 3 atom stereocenters. The third-order valence-corrected chi connectivity index (χ3v) is 4.69. The molecule has 0 spiro atoms. The summed E-state index contributed by atoms with van der Waals surface area (Å²) >= 11 is 0. The summed E-state index contributed by atoms with van der Waals surface area (Å²) < 4.78 is 0. The van der Waals surface area contributed by atoms with Crippen molar-refractivity contribution in [2.24, 2.45) is 22.7 Å². The molecule has 0 radical (unpaired) electrons. The van der Waals surface area contributed by atoms with Gasteiger partial charge in [0.1, 0.15) is 0 Å². The molecule has 0 bridgehead atoms. The summed E-state index contributed by atoms with van der Waals surface area (Å²) in [4.78, 5) is 0. The number of hydrogen-bond donors (Lipinski definition) is 0. The van der Waals surface area contributed by atoms with Crippen molar-refractivity contribution in [1.82, 2.24) is 0 Å². The monoisotopic (exact) mass is 168 g/mol. The molecule has 1 aliphatic rings. The lowest BCUT2D eigenvalue weighted by molar-refractivity contribution is 0.0585. The van der Waals surface area contributed by atoms with Gasteiger partial charge in [-0.25, -0.2) is 0 Å². The Balaban J connectivity index is 2.86. The Morgan fingerprint density at radius 1 is 1.17 bits per heavy atom. The molecule has 0 amide bonds. The van der Waals surface area contributed by atoms with Crippen LogP contribution in [0, 0.1) is 22.7 Å². The number of rotatable bonds is 0. The zero-order valence-electron chi connectivity index (χ0n) is 9.57. The smallest absolute Gasteiger partial charge is 0.0249 e. The Hall–Kier alpha value is 0. The summed E-state index contributed by atoms with van der Waals surface area (Å²) in [5, 5.41) is 0. The predicted octanol–water partition coefficient (Wildman–Crippen LogP) is 4.10. The first-order valence-corrected chi connectivity index (χ1v) is 5.29. The molecule has 2 unspecified atom stereocenters. The molecule has 1 fully saturated rings. The lowest BCUT2D eigenvalue weighted by atomic mass is 9.62. The van der Waals surface area contributed by atoms with Crippen LogP contribution in [0.25, 0.3) is 0 Å². The van der Waals surface area contributed by atoms with E-state index in [-0.39, 0.29) is 0 Å². The minimum Gasteiger partial charge on any atom is -0.0622 e. The molecule has 72 valence electrons. The number of hydrogen-bond acceptors (Lipinski definition) is 0. The van der Waals surface area contributed by atoms with Crippen molar-refractivity contribution in [1.29, 1.82) is 0 Å². The molecule has 0 heteroatoms. The maximum absolute atomic E-state index is 2.47. The van der Waals surface area contributed by atoms with Crippen molar-refractivity contribution >= 4 is 0 Å². The van der Waals surface area contributed by atoms with Gasteiger partial charge in [-0.05, 0) is 35.5 Å². The lowest BCUT2D eigenvalue weighted by Crippen LogP contribution is -2.36. The van der Waals surface area contributed by atoms with Crippen LogP contribution in [-0.2, 0) is 0 Å². The van der Waals surface area contributed by atoms with Gasteiger partial charge in [-0.3, -0.25) is 0 Å². The molecule has 0 nitrogen and oxygen atoms in total. The van der Waals surface area contributed by atoms with Gasteiger partial charge in [0, 0.05) is 0 Å². The standard InChI is InChI=1S/C12H24/c1-9-7-8-12(6,10(9)2)11(3,4)5/h9-10H,7-8H2,1-6H3/t9?,10-,12?/m1/s1. The zero-order chi connectivity index (χ0) is 9.57. The first-order valence-electron chi connectivity index (χ1n) is 5.29. The summed E-state index contributed by atoms with van der Waals surface area (Å²) in [5.41, 5.74) is 1.03. The topological polar surface area (TPSA) is 0 Å². The first kappa shape index (κ1) is 10.1. The van der Waals surface area contributed by atoms with E-state index in [2.05, 4.69) is 41.5 Å². The largest absolute Gasteiger partial charge is 0.0622 e. The molecule has 0 aliphatic heterocycles. The van der Waals surface area contributed by atoms with E-state index in [1.54, 1.807) is 0 Å². The molecule has 0 aromatic rings. The molecule has 1 saturated carbocycles. The molecule has 0 aromatic heterocycles. The van der Waals surface area contributed by atoms with Crippen molar-refractivity contribution in [2.75, 3.05) is 0 Å². The summed E-state index contributed by atoms with van der Waals surface area (Å²) in [5.74, 6) is 1.81. The lowest BCUT2D eigenvalue weighted by Gasteiger charge is -2.43. The summed E-state index contributed by atoms with van der Waals surface area (Å²) in [6, 6.07) is 0. The Labute approximate surface area is 77.7 Å². The fraction of sp³-hybridized carbons (Fsp3) is 1.00. The fourth-order valence-electron chi connectivity index (χ4n) is 2.69. The van der Waals surface area contributed by atoms with Gasteiger partial charge in [0.2, 0.25) is 0 Å². The summed E-state index contributed by atoms with van der Waals surface area (Å²) in [6.45, 7) is 14.5. The van der Waals surface area contributed by atoms with Crippen molar-refractivity contribution in [3.05, 3.63) is 0 Å². The van der Waals surface area contributed by atoms with Crippen LogP contribution >= 0.6 is 0 Å². The minimum atomic E-state index is 0.469. The molecule has 1 rings (SSSR count). The van der Waals surface area contributed by atoms with Crippen LogP contribution in [0.2, 0.25) is 0 Å². The average molecular weight is 168 g/mol. The Morgan fingerprint density at radius 3 is 1.83 bits per heavy atom. The van der Waals surface area contributed by atoms with Gasteiger partial charge >= 0.3 is 0 Å². The molecule has 1 aliphatic carbocycles. The fourth-order valence-corrected chi connectivity index (χ4v) is 2.69. The van der Waals surface area contributed by atoms with Crippen LogP contribution in [0.3, 0.4) is 0 Å². The molecule has 0 saturated heterocycles. The molecule has 12 heavy (non-hydrogen) atoms. The van der Waals surface area contributed by atoms with Gasteiger partial charge in [-0.15, -0.1) is 0 Å². The first-order chi connectivity index (χ1) is 5.29. The molecular weight excluding hydrogens is 144 g/mol. The Kier molecular flexibility index (Phi) is 2.31. The van der Waals surface area contributed by atoms with Crippen molar-refractivity contribution in [3.63, 3.8) is 0 Å². The highest BCUT2D eigenvalue weighted by Crippen LogP contribution is 2.56. The average Bonchev–Trinajstić information content (AvgIpc) is 2.16. The summed E-state index contributed by atoms with van der Waals surface area (Å²) in [6.07, 6.45) is 2.84. The second kappa shape index (κ2) is 2.75. The van der Waals surface area contributed by atoms with Crippen LogP contribution in [0.4, 0.5) is 0 Å². The SMILES string of the molecule is CC1CCC(C)(C(C)(C)C)[C@@H]1C. The van der Waals surface area contributed by atoms with E-state index in [1.165, 1.54) is 12.8 Å². The normalized spacial score (nSPS) is 43.5. The zero-order valence-corrected chi connectivity index (χ0v) is 9.57. The van der Waals surface area contributed by atoms with Gasteiger partial charge in [0.15, 0.2) is 0 Å². The highest BCUT2D eigenvalue weighted by molar-refractivity contribution is 4.96. The van der Waals surface area contributed by atoms with Crippen LogP contribution in [-0.4, -0.2) is 0 Å². The van der Waals surface area contributed by atoms with Crippen LogP contribution < -0.4 is 0 Å². The molecule has 0 heterocycles. The highest BCUT2D eigenvalue weighted by atomic mass is 14.5. The van der Waals surface area contributed by atoms with Gasteiger partial charge in [0.05, 0.1) is 0 Å². The van der Waals surface area contributed by atoms with E-state index in [4.69, 9.17) is 0 Å². The van der Waals surface area contributed by atoms with Crippen LogP contribution in [0.15, 0.2) is 0 Å². The van der Waals surface area contributed by atoms with Crippen LogP contribution in [0.1, 0.15) is 54.4 Å². The highest BCUT2D eigenvalue weighted by Gasteiger charge is 2.47. The van der Waals surface area contributed by atoms with Crippen molar-refractivity contribution < 1.29 is 0 Å². The van der Waals surface area contributed by atoms with Crippen molar-refractivity contribution in [2.45, 2.75) is 54.4 Å². The van der Waals surface area contributed by atoms with E-state index >= 15 is 0 Å². The van der Waals surface area contributed by atoms with Gasteiger partial charge in [-0.1, -0.05) is 41.5 Å². The third-order valence-electron chi connectivity index (χ3n) is 4.69. The van der Waals surface area contributed by atoms with E-state index in [9.17, 15) is 0 Å². The molecular formula is C12H24. The van der Waals surface area contributed by atoms with E-state index < -0.39 is 0 Å². The van der Waals surface area contributed by atoms with Crippen LogP contribution in [0.5, 0.6) is 0 Å². The van der Waals surface area contributed by atoms with Crippen molar-refractivity contribution in [3.8, 4) is 0 Å². The second-order valence-electron chi connectivity index (χ2n) is 5.97. The minimum absolute atomic E-state index is 0.469. The van der Waals surface area contributed by atoms with E-state index in [0.29, 0.717) is 10.8 Å². The maximum atomic E-state index is 2.47. The Morgan fingerprint density at radius 2 is 1.67 bits per heavy atom. The predicted molar refractivity (Wildman–Crippen MR) is 55.1 cm³/mol. The van der Waals surface area contributed by atoms with Gasteiger partial charge < -0.3 is 0 Å². The van der Waals surface area contributed by atoms with Gasteiger partial charge in [-0.2, -0.15) is 0 Å². The van der Waals surface area contributed by atoms with E-state index in [0.717, 1.165) is 11.8 Å². The van der Waals surface area contributed by atoms with Gasteiger partial charge in [0.25, 0.3) is 0 Å². The Bertz CT molecular complexity index is 163. The molecule has 0 aromatic carbocycles. The van der Waals surface area contributed by atoms with E-state index in [1.807, 2.05) is 0 Å². The molecule has 0 N–H and O–H groups in total. The maximum Gasteiger partial charge on any atom is -0.0249 e.